The number of aliphatic hydroxyl groups is 2. The Labute approximate surface area is 42.8 Å². The second kappa shape index (κ2) is 1.46. The van der Waals surface area contributed by atoms with Gasteiger partial charge in [0, 0.05) is 5.92 Å². The minimum absolute atomic E-state index is 0.181. The largest absolute Gasteiger partial charge is 0.393 e. The Kier molecular flexibility index (Phi) is 1.05. The molecule has 0 aliphatic heterocycles. The summed E-state index contributed by atoms with van der Waals surface area (Å²) in [5.41, 5.74) is 0. The van der Waals surface area contributed by atoms with Crippen LogP contribution >= 0.6 is 0 Å². The average Bonchev–Trinajstić information content (AvgIpc) is 2.17. The molecule has 0 saturated heterocycles. The highest BCUT2D eigenvalue weighted by Crippen LogP contribution is 2.32. The van der Waals surface area contributed by atoms with Crippen LogP contribution < -0.4 is 0 Å². The predicted octanol–water partition coefficient (Wildman–Crippen LogP) is -0.252. The Bertz CT molecular complexity index is 70.5. The van der Waals surface area contributed by atoms with Crippen molar-refractivity contribution in [2.75, 3.05) is 0 Å². The van der Waals surface area contributed by atoms with Crippen LogP contribution in [-0.2, 0) is 0 Å². The van der Waals surface area contributed by atoms with Crippen LogP contribution in [0.15, 0.2) is 0 Å². The van der Waals surface area contributed by atoms with Crippen molar-refractivity contribution in [3.05, 3.63) is 0 Å². The Morgan fingerprint density at radius 2 is 2.14 bits per heavy atom. The molecule has 2 N–H and O–H groups in total. The van der Waals surface area contributed by atoms with Crippen molar-refractivity contribution in [1.29, 1.82) is 0 Å². The second-order valence-electron chi connectivity index (χ2n) is 2.21. The van der Waals surface area contributed by atoms with E-state index < -0.39 is 0 Å². The summed E-state index contributed by atoms with van der Waals surface area (Å²) in [6.07, 6.45) is 0.271. The van der Waals surface area contributed by atoms with E-state index in [1.54, 1.807) is 6.92 Å². The number of rotatable bonds is 1. The van der Waals surface area contributed by atoms with E-state index in [0.29, 0.717) is 0 Å². The molecule has 0 amide bonds. The molecule has 0 aromatic heterocycles. The van der Waals surface area contributed by atoms with Gasteiger partial charge in [0.2, 0.25) is 0 Å². The smallest absolute Gasteiger partial charge is 0.0598 e. The first kappa shape index (κ1) is 5.06. The summed E-state index contributed by atoms with van der Waals surface area (Å²) >= 11 is 0. The molecule has 2 nitrogen and oxygen atoms in total. The summed E-state index contributed by atoms with van der Waals surface area (Å²) in [6, 6.07) is 0. The average molecular weight is 102 g/mol. The van der Waals surface area contributed by atoms with E-state index in [0.717, 1.165) is 6.42 Å². The lowest BCUT2D eigenvalue weighted by Crippen LogP contribution is -2.04. The molecule has 1 fully saturated rings. The Balaban J connectivity index is 2.20. The summed E-state index contributed by atoms with van der Waals surface area (Å²) in [4.78, 5) is 0. The molecule has 1 aliphatic rings. The fourth-order valence-electron chi connectivity index (χ4n) is 0.719. The zero-order valence-electron chi connectivity index (χ0n) is 4.33. The zero-order chi connectivity index (χ0) is 5.44. The molecule has 7 heavy (non-hydrogen) atoms. The fourth-order valence-corrected chi connectivity index (χ4v) is 0.719. The van der Waals surface area contributed by atoms with Gasteiger partial charge in [0.25, 0.3) is 0 Å². The van der Waals surface area contributed by atoms with Crippen LogP contribution in [0.25, 0.3) is 0 Å². The van der Waals surface area contributed by atoms with Crippen molar-refractivity contribution < 1.29 is 10.2 Å². The quantitative estimate of drug-likeness (QED) is 0.479. The normalized spacial score (nSPS) is 43.3. The van der Waals surface area contributed by atoms with Crippen LogP contribution in [0.2, 0.25) is 0 Å². The molecule has 1 aliphatic carbocycles. The predicted molar refractivity (Wildman–Crippen MR) is 25.8 cm³/mol. The van der Waals surface area contributed by atoms with Gasteiger partial charge in [-0.2, -0.15) is 0 Å². The maximum absolute atomic E-state index is 8.70. The third kappa shape index (κ3) is 0.924. The number of hydrogen-bond acceptors (Lipinski definition) is 2. The van der Waals surface area contributed by atoms with Gasteiger partial charge in [-0.15, -0.1) is 0 Å². The molecule has 1 rings (SSSR count). The summed E-state index contributed by atoms with van der Waals surface area (Å²) in [6.45, 7) is 1.71. The molecule has 0 radical (unpaired) electrons. The van der Waals surface area contributed by atoms with Gasteiger partial charge in [0.1, 0.15) is 0 Å². The summed E-state index contributed by atoms with van der Waals surface area (Å²) in [5, 5.41) is 17.3. The molecule has 1 saturated carbocycles. The van der Waals surface area contributed by atoms with Crippen molar-refractivity contribution in [2.24, 2.45) is 5.92 Å². The van der Waals surface area contributed by atoms with Crippen molar-refractivity contribution in [2.45, 2.75) is 25.6 Å². The Morgan fingerprint density at radius 3 is 2.14 bits per heavy atom. The van der Waals surface area contributed by atoms with Gasteiger partial charge in [-0.25, -0.2) is 0 Å². The lowest BCUT2D eigenvalue weighted by molar-refractivity contribution is 0.139. The Hall–Kier alpha value is -0.0800. The van der Waals surface area contributed by atoms with Gasteiger partial charge in [-0.3, -0.25) is 0 Å². The summed E-state index contributed by atoms with van der Waals surface area (Å²) in [7, 11) is 0. The minimum atomic E-state index is -0.310. The highest BCUT2D eigenvalue weighted by Gasteiger charge is 2.38. The van der Waals surface area contributed by atoms with Crippen LogP contribution in [0.1, 0.15) is 13.3 Å². The van der Waals surface area contributed by atoms with E-state index in [1.165, 1.54) is 0 Å². The minimum Gasteiger partial charge on any atom is -0.393 e. The van der Waals surface area contributed by atoms with Crippen LogP contribution in [0.5, 0.6) is 0 Å². The van der Waals surface area contributed by atoms with E-state index in [1.807, 2.05) is 0 Å². The fraction of sp³-hybridized carbons (Fsp3) is 1.00. The Morgan fingerprint density at radius 1 is 1.71 bits per heavy atom. The van der Waals surface area contributed by atoms with E-state index in [2.05, 4.69) is 0 Å². The molecule has 3 unspecified atom stereocenters. The van der Waals surface area contributed by atoms with Crippen molar-refractivity contribution in [3.8, 4) is 0 Å². The summed E-state index contributed by atoms with van der Waals surface area (Å²) in [5.74, 6) is 0.181. The number of hydrogen-bond donors (Lipinski definition) is 2. The van der Waals surface area contributed by atoms with Gasteiger partial charge in [-0.05, 0) is 13.3 Å². The summed E-state index contributed by atoms with van der Waals surface area (Å²) < 4.78 is 0. The standard InChI is InChI=1S/C5H10O2/c1-3(6)4-2-5(4)7/h3-7H,2H2,1H3. The van der Waals surface area contributed by atoms with Crippen LogP contribution in [-0.4, -0.2) is 22.4 Å². The lowest BCUT2D eigenvalue weighted by Gasteiger charge is -1.95. The number of aliphatic hydroxyl groups excluding tert-OH is 2. The first-order valence-electron chi connectivity index (χ1n) is 2.58. The molecule has 3 atom stereocenters. The van der Waals surface area contributed by atoms with E-state index >= 15 is 0 Å². The molecular weight excluding hydrogens is 92.1 g/mol. The molecule has 0 bridgehead atoms. The van der Waals surface area contributed by atoms with E-state index in [9.17, 15) is 0 Å². The van der Waals surface area contributed by atoms with Crippen LogP contribution in [0.3, 0.4) is 0 Å². The first-order chi connectivity index (χ1) is 3.22. The third-order valence-electron chi connectivity index (χ3n) is 1.42. The highest BCUT2D eigenvalue weighted by molar-refractivity contribution is 4.89. The van der Waals surface area contributed by atoms with Crippen molar-refractivity contribution in [1.82, 2.24) is 0 Å². The van der Waals surface area contributed by atoms with Gasteiger partial charge < -0.3 is 10.2 Å². The topological polar surface area (TPSA) is 40.5 Å². The van der Waals surface area contributed by atoms with Crippen molar-refractivity contribution in [3.63, 3.8) is 0 Å². The van der Waals surface area contributed by atoms with Gasteiger partial charge in [0.15, 0.2) is 0 Å². The third-order valence-corrected chi connectivity index (χ3v) is 1.42. The van der Waals surface area contributed by atoms with Crippen molar-refractivity contribution >= 4 is 0 Å². The van der Waals surface area contributed by atoms with Gasteiger partial charge in [-0.1, -0.05) is 0 Å². The zero-order valence-corrected chi connectivity index (χ0v) is 4.33. The molecular formula is C5H10O2. The second-order valence-corrected chi connectivity index (χ2v) is 2.21. The van der Waals surface area contributed by atoms with Gasteiger partial charge in [0.05, 0.1) is 12.2 Å². The first-order valence-corrected chi connectivity index (χ1v) is 2.58. The monoisotopic (exact) mass is 102 g/mol. The highest BCUT2D eigenvalue weighted by atomic mass is 16.3. The molecule has 0 heterocycles. The molecule has 0 aromatic rings. The molecule has 2 heteroatoms. The SMILES string of the molecule is CC(O)C1CC1O. The molecule has 42 valence electrons. The molecule has 0 spiro atoms. The van der Waals surface area contributed by atoms with Gasteiger partial charge >= 0.3 is 0 Å². The van der Waals surface area contributed by atoms with E-state index in [-0.39, 0.29) is 18.1 Å². The molecule has 0 aromatic carbocycles. The maximum Gasteiger partial charge on any atom is 0.0598 e. The van der Waals surface area contributed by atoms with Crippen LogP contribution in [0, 0.1) is 5.92 Å². The lowest BCUT2D eigenvalue weighted by atomic mass is 10.3. The van der Waals surface area contributed by atoms with E-state index in [4.69, 9.17) is 10.2 Å². The van der Waals surface area contributed by atoms with Crippen LogP contribution in [0.4, 0.5) is 0 Å². The maximum atomic E-state index is 8.70.